The average molecular weight is 452 g/mol. The second-order valence-electron chi connectivity index (χ2n) is 6.92. The second kappa shape index (κ2) is 11.1. The molecule has 0 saturated carbocycles. The molecule has 2 aromatic carbocycles. The van der Waals surface area contributed by atoms with Crippen LogP contribution in [-0.4, -0.2) is 39.4 Å². The number of carbonyl (C=O) groups is 2. The predicted molar refractivity (Wildman–Crippen MR) is 125 cm³/mol. The number of amides is 2. The van der Waals surface area contributed by atoms with Crippen LogP contribution >= 0.6 is 11.8 Å². The van der Waals surface area contributed by atoms with Crippen molar-refractivity contribution in [1.82, 2.24) is 20.1 Å². The molecule has 8 nitrogen and oxygen atoms in total. The lowest BCUT2D eigenvalue weighted by Crippen LogP contribution is -2.25. The van der Waals surface area contributed by atoms with Crippen LogP contribution in [-0.2, 0) is 17.9 Å². The summed E-state index contributed by atoms with van der Waals surface area (Å²) in [4.78, 5) is 24.7. The van der Waals surface area contributed by atoms with Gasteiger partial charge in [0, 0.05) is 17.8 Å². The highest BCUT2D eigenvalue weighted by atomic mass is 32.2. The number of rotatable bonds is 10. The van der Waals surface area contributed by atoms with E-state index in [-0.39, 0.29) is 24.1 Å². The Labute approximate surface area is 191 Å². The van der Waals surface area contributed by atoms with Gasteiger partial charge in [0.2, 0.25) is 5.91 Å². The van der Waals surface area contributed by atoms with Crippen molar-refractivity contribution in [3.05, 3.63) is 78.1 Å². The zero-order valence-corrected chi connectivity index (χ0v) is 18.8. The zero-order chi connectivity index (χ0) is 22.9. The van der Waals surface area contributed by atoms with Crippen LogP contribution in [0.15, 0.2) is 66.3 Å². The van der Waals surface area contributed by atoms with Crippen LogP contribution in [0.4, 0.5) is 5.69 Å². The highest BCUT2D eigenvalue weighted by Gasteiger charge is 2.15. The highest BCUT2D eigenvalue weighted by Crippen LogP contribution is 2.19. The number of methoxy groups -OCH3 is 1. The number of nitrogens with one attached hydrogen (secondary N) is 2. The first-order valence-corrected chi connectivity index (χ1v) is 10.9. The van der Waals surface area contributed by atoms with Crippen molar-refractivity contribution in [2.45, 2.75) is 25.2 Å². The molecule has 0 radical (unpaired) electrons. The van der Waals surface area contributed by atoms with Crippen LogP contribution in [0.3, 0.4) is 0 Å². The summed E-state index contributed by atoms with van der Waals surface area (Å²) in [7, 11) is 1.59. The van der Waals surface area contributed by atoms with Crippen molar-refractivity contribution in [1.29, 1.82) is 0 Å². The molecule has 0 aliphatic heterocycles. The number of carbonyl (C=O) groups excluding carboxylic acids is 2. The van der Waals surface area contributed by atoms with E-state index in [0.29, 0.717) is 28.8 Å². The molecule has 32 heavy (non-hydrogen) atoms. The van der Waals surface area contributed by atoms with Gasteiger partial charge in [-0.1, -0.05) is 35.5 Å². The smallest absolute Gasteiger partial charge is 0.251 e. The molecule has 0 fully saturated rings. The van der Waals surface area contributed by atoms with Crippen LogP contribution in [0.1, 0.15) is 21.7 Å². The molecular formula is C23H25N5O3S. The van der Waals surface area contributed by atoms with E-state index in [1.165, 1.54) is 11.8 Å². The molecule has 0 spiro atoms. The molecule has 0 atom stereocenters. The number of aryl methyl sites for hydroxylation is 1. The molecule has 3 aromatic rings. The first-order valence-electron chi connectivity index (χ1n) is 9.94. The van der Waals surface area contributed by atoms with Gasteiger partial charge in [0.1, 0.15) is 5.75 Å². The van der Waals surface area contributed by atoms with Crippen LogP contribution in [0.25, 0.3) is 0 Å². The molecule has 1 aromatic heterocycles. The molecule has 2 N–H and O–H groups in total. The molecule has 2 amide bonds. The summed E-state index contributed by atoms with van der Waals surface area (Å²) in [6, 6.07) is 14.5. The third-order valence-corrected chi connectivity index (χ3v) is 5.47. The van der Waals surface area contributed by atoms with Crippen molar-refractivity contribution < 1.29 is 14.3 Å². The first kappa shape index (κ1) is 23.1. The number of anilines is 1. The van der Waals surface area contributed by atoms with Gasteiger partial charge >= 0.3 is 0 Å². The Balaban J connectivity index is 1.59. The SMILES string of the molecule is C=CCn1c(CNC(=O)c2cccc(C)c2)nnc1SCC(=O)Nc1ccc(OC)cc1. The fraction of sp³-hybridized carbons (Fsp3) is 0.217. The Bertz CT molecular complexity index is 1100. The van der Waals surface area contributed by atoms with E-state index in [1.807, 2.05) is 29.7 Å². The summed E-state index contributed by atoms with van der Waals surface area (Å²) in [6.07, 6.45) is 1.72. The van der Waals surface area contributed by atoms with Crippen LogP contribution in [0.2, 0.25) is 0 Å². The summed E-state index contributed by atoms with van der Waals surface area (Å²) in [5.74, 6) is 1.12. The lowest BCUT2D eigenvalue weighted by Gasteiger charge is -2.09. The van der Waals surface area contributed by atoms with E-state index in [2.05, 4.69) is 27.4 Å². The molecule has 0 aliphatic rings. The van der Waals surface area contributed by atoms with Gasteiger partial charge in [0.25, 0.3) is 5.91 Å². The van der Waals surface area contributed by atoms with Gasteiger partial charge in [-0.05, 0) is 43.3 Å². The van der Waals surface area contributed by atoms with Gasteiger partial charge < -0.3 is 19.9 Å². The second-order valence-corrected chi connectivity index (χ2v) is 7.86. The molecule has 0 bridgehead atoms. The van der Waals surface area contributed by atoms with E-state index in [1.54, 1.807) is 43.5 Å². The van der Waals surface area contributed by atoms with Gasteiger partial charge in [-0.3, -0.25) is 9.59 Å². The van der Waals surface area contributed by atoms with Crippen molar-refractivity contribution >= 4 is 29.3 Å². The topological polar surface area (TPSA) is 98.1 Å². The summed E-state index contributed by atoms with van der Waals surface area (Å²) in [5.41, 5.74) is 2.28. The monoisotopic (exact) mass is 451 g/mol. The summed E-state index contributed by atoms with van der Waals surface area (Å²) in [5, 5.41) is 14.6. The van der Waals surface area contributed by atoms with E-state index < -0.39 is 0 Å². The summed E-state index contributed by atoms with van der Waals surface area (Å²) < 4.78 is 6.94. The average Bonchev–Trinajstić information content (AvgIpc) is 3.18. The predicted octanol–water partition coefficient (Wildman–Crippen LogP) is 3.44. The molecule has 3 rings (SSSR count). The molecule has 0 unspecified atom stereocenters. The molecule has 0 saturated heterocycles. The molecule has 0 aliphatic carbocycles. The number of hydrogen-bond donors (Lipinski definition) is 2. The number of thioether (sulfide) groups is 1. The Morgan fingerprint density at radius 1 is 1.19 bits per heavy atom. The maximum Gasteiger partial charge on any atom is 0.251 e. The van der Waals surface area contributed by atoms with E-state index in [4.69, 9.17) is 4.74 Å². The van der Waals surface area contributed by atoms with Gasteiger partial charge in [-0.15, -0.1) is 16.8 Å². The first-order chi connectivity index (χ1) is 15.5. The molecule has 166 valence electrons. The largest absolute Gasteiger partial charge is 0.497 e. The summed E-state index contributed by atoms with van der Waals surface area (Å²) >= 11 is 1.27. The van der Waals surface area contributed by atoms with Crippen molar-refractivity contribution in [3.63, 3.8) is 0 Å². The van der Waals surface area contributed by atoms with Gasteiger partial charge in [-0.2, -0.15) is 0 Å². The number of allylic oxidation sites excluding steroid dienone is 1. The van der Waals surface area contributed by atoms with Crippen LogP contribution < -0.4 is 15.4 Å². The van der Waals surface area contributed by atoms with Crippen molar-refractivity contribution in [2.24, 2.45) is 0 Å². The lowest BCUT2D eigenvalue weighted by atomic mass is 10.1. The van der Waals surface area contributed by atoms with Crippen molar-refractivity contribution in [3.8, 4) is 5.75 Å². The van der Waals surface area contributed by atoms with Gasteiger partial charge in [-0.25, -0.2) is 0 Å². The third kappa shape index (κ3) is 6.21. The Morgan fingerprint density at radius 2 is 1.97 bits per heavy atom. The minimum atomic E-state index is -0.185. The highest BCUT2D eigenvalue weighted by molar-refractivity contribution is 7.99. The van der Waals surface area contributed by atoms with Gasteiger partial charge in [0.05, 0.1) is 19.4 Å². The fourth-order valence-corrected chi connectivity index (χ4v) is 3.68. The van der Waals surface area contributed by atoms with Crippen molar-refractivity contribution in [2.75, 3.05) is 18.2 Å². The van der Waals surface area contributed by atoms with Crippen LogP contribution in [0, 0.1) is 6.92 Å². The van der Waals surface area contributed by atoms with E-state index in [9.17, 15) is 9.59 Å². The minimum Gasteiger partial charge on any atom is -0.497 e. The minimum absolute atomic E-state index is 0.164. The maximum absolute atomic E-state index is 12.4. The number of aromatic nitrogens is 3. The Hall–Kier alpha value is -3.59. The normalized spacial score (nSPS) is 10.4. The van der Waals surface area contributed by atoms with Gasteiger partial charge in [0.15, 0.2) is 11.0 Å². The Morgan fingerprint density at radius 3 is 2.66 bits per heavy atom. The standard InChI is InChI=1S/C23H25N5O3S/c1-4-12-28-20(14-24-22(30)17-7-5-6-16(2)13-17)26-27-23(28)32-15-21(29)25-18-8-10-19(31-3)11-9-18/h4-11,13H,1,12,14-15H2,2-3H3,(H,24,30)(H,25,29). The number of hydrogen-bond acceptors (Lipinski definition) is 6. The quantitative estimate of drug-likeness (QED) is 0.362. The fourth-order valence-electron chi connectivity index (χ4n) is 2.92. The summed E-state index contributed by atoms with van der Waals surface area (Å²) in [6.45, 7) is 6.39. The lowest BCUT2D eigenvalue weighted by molar-refractivity contribution is -0.113. The van der Waals surface area contributed by atoms with Crippen LogP contribution in [0.5, 0.6) is 5.75 Å². The number of ether oxygens (including phenoxy) is 1. The Kier molecular flexibility index (Phi) is 8.04. The van der Waals surface area contributed by atoms with E-state index >= 15 is 0 Å². The zero-order valence-electron chi connectivity index (χ0n) is 18.0. The number of nitrogens with zero attached hydrogens (tertiary/aromatic N) is 3. The third-order valence-electron chi connectivity index (χ3n) is 4.50. The molecule has 1 heterocycles. The molecule has 9 heteroatoms. The molecular weight excluding hydrogens is 426 g/mol. The van der Waals surface area contributed by atoms with E-state index in [0.717, 1.165) is 11.3 Å². The number of benzene rings is 2. The maximum atomic E-state index is 12.4.